The molecule has 0 saturated carbocycles. The van der Waals surface area contributed by atoms with Crippen LogP contribution in [-0.2, 0) is 0 Å². The minimum absolute atomic E-state index is 0.169. The fourth-order valence-corrected chi connectivity index (χ4v) is 3.69. The Labute approximate surface area is 187 Å². The monoisotopic (exact) mass is 420 g/mol. The van der Waals surface area contributed by atoms with Crippen LogP contribution in [0.1, 0.15) is 31.8 Å². The highest BCUT2D eigenvalue weighted by atomic mass is 16.2. The van der Waals surface area contributed by atoms with Crippen LogP contribution in [0.25, 0.3) is 11.1 Å². The average Bonchev–Trinajstić information content (AvgIpc) is 2.80. The zero-order valence-corrected chi connectivity index (χ0v) is 18.1. The Morgan fingerprint density at radius 1 is 0.500 bits per heavy atom. The summed E-state index contributed by atoms with van der Waals surface area (Å²) < 4.78 is 0. The third-order valence-electron chi connectivity index (χ3n) is 5.42. The molecule has 0 fully saturated rings. The van der Waals surface area contributed by atoms with E-state index in [2.05, 4.69) is 10.6 Å². The molecular formula is C28H24N2O2. The predicted molar refractivity (Wildman–Crippen MR) is 130 cm³/mol. The number of hydrogen-bond acceptors (Lipinski definition) is 2. The highest BCUT2D eigenvalue weighted by molar-refractivity contribution is 6.10. The van der Waals surface area contributed by atoms with Gasteiger partial charge in [-0.15, -0.1) is 0 Å². The van der Waals surface area contributed by atoms with E-state index in [-0.39, 0.29) is 11.8 Å². The van der Waals surface area contributed by atoms with Crippen molar-refractivity contribution in [1.82, 2.24) is 0 Å². The zero-order chi connectivity index (χ0) is 22.5. The SMILES string of the molecule is Cc1ccccc1C(=O)Nc1ccccc1-c1ccccc1NC(=O)c1ccccc1C. The first-order valence-corrected chi connectivity index (χ1v) is 10.5. The van der Waals surface area contributed by atoms with E-state index >= 15 is 0 Å². The highest BCUT2D eigenvalue weighted by Crippen LogP contribution is 2.34. The maximum Gasteiger partial charge on any atom is 0.255 e. The molecule has 0 heterocycles. The topological polar surface area (TPSA) is 58.2 Å². The van der Waals surface area contributed by atoms with Crippen LogP contribution in [0.15, 0.2) is 97.1 Å². The second kappa shape index (κ2) is 9.31. The first kappa shape index (κ1) is 21.1. The van der Waals surface area contributed by atoms with Crippen LogP contribution >= 0.6 is 0 Å². The summed E-state index contributed by atoms with van der Waals surface area (Å²) in [5.41, 5.74) is 6.09. The maximum absolute atomic E-state index is 12.9. The van der Waals surface area contributed by atoms with Crippen molar-refractivity contribution in [3.05, 3.63) is 119 Å². The van der Waals surface area contributed by atoms with E-state index in [1.807, 2.05) is 111 Å². The quantitative estimate of drug-likeness (QED) is 0.388. The smallest absolute Gasteiger partial charge is 0.255 e. The summed E-state index contributed by atoms with van der Waals surface area (Å²) in [6.45, 7) is 3.83. The fourth-order valence-electron chi connectivity index (χ4n) is 3.69. The molecule has 4 aromatic rings. The lowest BCUT2D eigenvalue weighted by Crippen LogP contribution is -2.15. The summed E-state index contributed by atoms with van der Waals surface area (Å²) in [5.74, 6) is -0.339. The largest absolute Gasteiger partial charge is 0.321 e. The van der Waals surface area contributed by atoms with Crippen molar-refractivity contribution in [2.75, 3.05) is 10.6 Å². The van der Waals surface area contributed by atoms with Crippen molar-refractivity contribution in [3.8, 4) is 11.1 Å². The number of hydrogen-bond donors (Lipinski definition) is 2. The Balaban J connectivity index is 1.67. The summed E-state index contributed by atoms with van der Waals surface area (Å²) in [4.78, 5) is 25.8. The van der Waals surface area contributed by atoms with Crippen molar-refractivity contribution in [1.29, 1.82) is 0 Å². The first-order chi connectivity index (χ1) is 15.5. The second-order valence-corrected chi connectivity index (χ2v) is 7.63. The van der Waals surface area contributed by atoms with Crippen LogP contribution in [-0.4, -0.2) is 11.8 Å². The molecule has 4 heteroatoms. The molecule has 4 nitrogen and oxygen atoms in total. The number of aryl methyl sites for hydroxylation is 2. The van der Waals surface area contributed by atoms with Crippen molar-refractivity contribution in [2.24, 2.45) is 0 Å². The van der Waals surface area contributed by atoms with Gasteiger partial charge in [0.25, 0.3) is 11.8 Å². The summed E-state index contributed by atoms with van der Waals surface area (Å²) in [5, 5.41) is 6.07. The predicted octanol–water partition coefficient (Wildman–Crippen LogP) is 6.48. The van der Waals surface area contributed by atoms with Crippen LogP contribution in [0.5, 0.6) is 0 Å². The molecule has 0 bridgehead atoms. The van der Waals surface area contributed by atoms with Gasteiger partial charge in [0.1, 0.15) is 0 Å². The molecule has 4 aromatic carbocycles. The number of benzene rings is 4. The van der Waals surface area contributed by atoms with Crippen molar-refractivity contribution in [2.45, 2.75) is 13.8 Å². The molecule has 0 atom stereocenters. The maximum atomic E-state index is 12.9. The van der Waals surface area contributed by atoms with E-state index in [1.54, 1.807) is 0 Å². The summed E-state index contributed by atoms with van der Waals surface area (Å²) in [7, 11) is 0. The minimum atomic E-state index is -0.169. The van der Waals surface area contributed by atoms with Gasteiger partial charge in [0.2, 0.25) is 0 Å². The highest BCUT2D eigenvalue weighted by Gasteiger charge is 2.16. The zero-order valence-electron chi connectivity index (χ0n) is 18.1. The van der Waals surface area contributed by atoms with Crippen LogP contribution < -0.4 is 10.6 Å². The number of carbonyl (C=O) groups excluding carboxylic acids is 2. The lowest BCUT2D eigenvalue weighted by atomic mass is 10.0. The number of anilines is 2. The van der Waals surface area contributed by atoms with E-state index in [0.29, 0.717) is 22.5 Å². The number of nitrogens with one attached hydrogen (secondary N) is 2. The molecule has 0 aliphatic carbocycles. The second-order valence-electron chi connectivity index (χ2n) is 7.63. The van der Waals surface area contributed by atoms with Crippen molar-refractivity contribution >= 4 is 23.2 Å². The molecule has 2 N–H and O–H groups in total. The van der Waals surface area contributed by atoms with Gasteiger partial charge in [-0.3, -0.25) is 9.59 Å². The summed E-state index contributed by atoms with van der Waals surface area (Å²) in [6.07, 6.45) is 0. The lowest BCUT2D eigenvalue weighted by Gasteiger charge is -2.16. The van der Waals surface area contributed by atoms with Crippen LogP contribution in [0, 0.1) is 13.8 Å². The Kier molecular flexibility index (Phi) is 6.13. The van der Waals surface area contributed by atoms with Gasteiger partial charge >= 0.3 is 0 Å². The van der Waals surface area contributed by atoms with E-state index in [9.17, 15) is 9.59 Å². The summed E-state index contributed by atoms with van der Waals surface area (Å²) in [6, 6.07) is 30.2. The third kappa shape index (κ3) is 4.44. The van der Waals surface area contributed by atoms with Gasteiger partial charge in [-0.2, -0.15) is 0 Å². The molecule has 2 amide bonds. The molecular weight excluding hydrogens is 396 g/mol. The Hall–Kier alpha value is -4.18. The number of carbonyl (C=O) groups is 2. The van der Waals surface area contributed by atoms with Gasteiger partial charge in [-0.25, -0.2) is 0 Å². The van der Waals surface area contributed by atoms with Crippen molar-refractivity contribution in [3.63, 3.8) is 0 Å². The van der Waals surface area contributed by atoms with Crippen molar-refractivity contribution < 1.29 is 9.59 Å². The molecule has 0 radical (unpaired) electrons. The first-order valence-electron chi connectivity index (χ1n) is 10.5. The normalized spacial score (nSPS) is 10.4. The van der Waals surface area contributed by atoms with E-state index < -0.39 is 0 Å². The standard InChI is InChI=1S/C28H24N2O2/c1-19-11-3-5-13-21(19)27(31)29-25-17-9-7-15-23(25)24-16-8-10-18-26(24)30-28(32)22-14-6-4-12-20(22)2/h3-18H,1-2H3,(H,29,31)(H,30,32). The molecule has 0 aromatic heterocycles. The number of amides is 2. The van der Waals surface area contributed by atoms with Gasteiger partial charge in [-0.1, -0.05) is 72.8 Å². The molecule has 0 aliphatic rings. The van der Waals surface area contributed by atoms with E-state index in [4.69, 9.17) is 0 Å². The average molecular weight is 421 g/mol. The van der Waals surface area contributed by atoms with Crippen LogP contribution in [0.3, 0.4) is 0 Å². The van der Waals surface area contributed by atoms with Gasteiger partial charge < -0.3 is 10.6 Å². The Morgan fingerprint density at radius 2 is 0.844 bits per heavy atom. The molecule has 0 aliphatic heterocycles. The van der Waals surface area contributed by atoms with Gasteiger partial charge in [-0.05, 0) is 49.2 Å². The Morgan fingerprint density at radius 3 is 1.25 bits per heavy atom. The van der Waals surface area contributed by atoms with Gasteiger partial charge in [0, 0.05) is 33.6 Å². The van der Waals surface area contributed by atoms with Crippen LogP contribution in [0.4, 0.5) is 11.4 Å². The molecule has 32 heavy (non-hydrogen) atoms. The number of rotatable bonds is 5. The molecule has 0 saturated heterocycles. The van der Waals surface area contributed by atoms with E-state index in [1.165, 1.54) is 0 Å². The number of para-hydroxylation sites is 2. The van der Waals surface area contributed by atoms with Gasteiger partial charge in [0.05, 0.1) is 0 Å². The molecule has 0 unspecified atom stereocenters. The summed E-state index contributed by atoms with van der Waals surface area (Å²) >= 11 is 0. The van der Waals surface area contributed by atoms with E-state index in [0.717, 1.165) is 22.3 Å². The molecule has 158 valence electrons. The fraction of sp³-hybridized carbons (Fsp3) is 0.0714. The minimum Gasteiger partial charge on any atom is -0.321 e. The molecule has 0 spiro atoms. The third-order valence-corrected chi connectivity index (χ3v) is 5.42. The Bertz CT molecular complexity index is 1190. The molecule has 4 rings (SSSR count). The van der Waals surface area contributed by atoms with Gasteiger partial charge in [0.15, 0.2) is 0 Å². The lowest BCUT2D eigenvalue weighted by molar-refractivity contribution is 0.101. The van der Waals surface area contributed by atoms with Crippen LogP contribution in [0.2, 0.25) is 0 Å².